The molecule has 0 saturated carbocycles. The summed E-state index contributed by atoms with van der Waals surface area (Å²) in [6.45, 7) is 3.85. The van der Waals surface area contributed by atoms with Gasteiger partial charge in [-0.25, -0.2) is 4.98 Å². The molecule has 9 heteroatoms. The molecule has 0 saturated heterocycles. The van der Waals surface area contributed by atoms with Crippen LogP contribution >= 0.6 is 11.6 Å². The minimum absolute atomic E-state index is 0.115. The molecule has 0 atom stereocenters. The van der Waals surface area contributed by atoms with Gasteiger partial charge >= 0.3 is 6.29 Å². The lowest BCUT2D eigenvalue weighted by Gasteiger charge is -2.09. The number of nitrogens with zero attached hydrogens (tertiary/aromatic N) is 1. The quantitative estimate of drug-likeness (QED) is 0.558. The van der Waals surface area contributed by atoms with Crippen LogP contribution in [0.3, 0.4) is 0 Å². The molecule has 3 aromatic rings. The lowest BCUT2D eigenvalue weighted by atomic mass is 10.1. The van der Waals surface area contributed by atoms with Crippen LogP contribution in [0.5, 0.6) is 11.5 Å². The average Bonchev–Trinajstić information content (AvgIpc) is 3.26. The van der Waals surface area contributed by atoms with Gasteiger partial charge in [-0.05, 0) is 24.6 Å². The molecule has 0 aliphatic carbocycles. The summed E-state index contributed by atoms with van der Waals surface area (Å²) in [6, 6.07) is 5.89. The summed E-state index contributed by atoms with van der Waals surface area (Å²) < 4.78 is 40.8. The third-order valence-corrected chi connectivity index (χ3v) is 4.99. The van der Waals surface area contributed by atoms with E-state index in [-0.39, 0.29) is 22.4 Å². The predicted octanol–water partition coefficient (Wildman–Crippen LogP) is 5.69. The Morgan fingerprint density at radius 1 is 1.17 bits per heavy atom. The van der Waals surface area contributed by atoms with Crippen LogP contribution in [0.25, 0.3) is 11.1 Å². The molecule has 1 N–H and O–H groups in total. The second kappa shape index (κ2) is 7.60. The van der Waals surface area contributed by atoms with E-state index in [1.807, 2.05) is 13.8 Å². The third kappa shape index (κ3) is 3.70. The van der Waals surface area contributed by atoms with Gasteiger partial charge in [0.25, 0.3) is 5.91 Å². The zero-order valence-electron chi connectivity index (χ0n) is 16.1. The number of pyridine rings is 1. The number of halogens is 3. The molecule has 2 aromatic heterocycles. The molecule has 1 aromatic carbocycles. The standard InChI is InChI=1S/C21H17ClF2N2O4/c1-3-11-10-28-15(4-2)19(11)20(27)26-18-6-5-12(9-25-18)13-7-16-17(8-14(13)22)30-21(23,24)29-16/h5-10H,3-4H2,1-2H3,(H,25,26,27). The zero-order valence-corrected chi connectivity index (χ0v) is 16.8. The maximum Gasteiger partial charge on any atom is 0.586 e. The van der Waals surface area contributed by atoms with Gasteiger partial charge in [-0.1, -0.05) is 25.4 Å². The van der Waals surface area contributed by atoms with Crippen molar-refractivity contribution >= 4 is 23.3 Å². The van der Waals surface area contributed by atoms with Gasteiger partial charge in [0.1, 0.15) is 11.6 Å². The Kier molecular flexibility index (Phi) is 5.11. The number of benzene rings is 1. The molecule has 0 radical (unpaired) electrons. The van der Waals surface area contributed by atoms with Crippen LogP contribution in [0.4, 0.5) is 14.6 Å². The van der Waals surface area contributed by atoms with Crippen LogP contribution in [0, 0.1) is 0 Å². The number of aromatic nitrogens is 1. The molecule has 1 aliphatic rings. The molecule has 30 heavy (non-hydrogen) atoms. The Hall–Kier alpha value is -3.13. The van der Waals surface area contributed by atoms with Crippen molar-refractivity contribution in [1.82, 2.24) is 4.98 Å². The fourth-order valence-corrected chi connectivity index (χ4v) is 3.49. The first-order chi connectivity index (χ1) is 14.3. The van der Waals surface area contributed by atoms with Gasteiger partial charge < -0.3 is 19.2 Å². The Balaban J connectivity index is 1.56. The van der Waals surface area contributed by atoms with Crippen LogP contribution in [0.15, 0.2) is 41.1 Å². The van der Waals surface area contributed by atoms with Crippen LogP contribution in [-0.4, -0.2) is 17.2 Å². The highest BCUT2D eigenvalue weighted by atomic mass is 35.5. The number of carbonyl (C=O) groups is 1. The van der Waals surface area contributed by atoms with Crippen molar-refractivity contribution < 1.29 is 27.5 Å². The smallest absolute Gasteiger partial charge is 0.468 e. The number of alkyl halides is 2. The largest absolute Gasteiger partial charge is 0.586 e. The molecule has 0 fully saturated rings. The van der Waals surface area contributed by atoms with Gasteiger partial charge in [-0.2, -0.15) is 0 Å². The highest BCUT2D eigenvalue weighted by Gasteiger charge is 2.43. The molecular formula is C21H17ClF2N2O4. The maximum absolute atomic E-state index is 13.3. The fourth-order valence-electron chi connectivity index (χ4n) is 3.23. The summed E-state index contributed by atoms with van der Waals surface area (Å²) in [5.74, 6) is 0.392. The van der Waals surface area contributed by atoms with Crippen molar-refractivity contribution in [1.29, 1.82) is 0 Å². The van der Waals surface area contributed by atoms with Crippen molar-refractivity contribution in [3.63, 3.8) is 0 Å². The van der Waals surface area contributed by atoms with E-state index in [0.29, 0.717) is 41.1 Å². The van der Waals surface area contributed by atoms with Gasteiger partial charge in [-0.15, -0.1) is 8.78 Å². The number of anilines is 1. The summed E-state index contributed by atoms with van der Waals surface area (Å²) in [4.78, 5) is 16.9. The highest BCUT2D eigenvalue weighted by Crippen LogP contribution is 2.46. The van der Waals surface area contributed by atoms with Crippen molar-refractivity contribution in [3.05, 3.63) is 58.6 Å². The monoisotopic (exact) mass is 434 g/mol. The Labute approximate surface area is 175 Å². The molecule has 6 nitrogen and oxygen atoms in total. The molecule has 3 heterocycles. The molecule has 1 amide bonds. The van der Waals surface area contributed by atoms with Crippen LogP contribution in [0.2, 0.25) is 5.02 Å². The third-order valence-electron chi connectivity index (χ3n) is 4.68. The first-order valence-corrected chi connectivity index (χ1v) is 9.65. The summed E-state index contributed by atoms with van der Waals surface area (Å²) in [5.41, 5.74) is 2.35. The summed E-state index contributed by atoms with van der Waals surface area (Å²) in [6.07, 6.45) is 0.610. The van der Waals surface area contributed by atoms with Gasteiger partial charge in [0.15, 0.2) is 11.5 Å². The van der Waals surface area contributed by atoms with E-state index in [0.717, 1.165) is 5.56 Å². The first kappa shape index (κ1) is 20.2. The number of hydrogen-bond acceptors (Lipinski definition) is 5. The number of carbonyl (C=O) groups excluding carboxylic acids is 1. The first-order valence-electron chi connectivity index (χ1n) is 9.27. The number of fused-ring (bicyclic) bond motifs is 1. The van der Waals surface area contributed by atoms with Gasteiger partial charge in [0, 0.05) is 35.4 Å². The normalized spacial score (nSPS) is 14.0. The minimum atomic E-state index is -3.72. The van der Waals surface area contributed by atoms with Crippen LogP contribution in [-0.2, 0) is 12.8 Å². The summed E-state index contributed by atoms with van der Waals surface area (Å²) in [7, 11) is 0. The van der Waals surface area contributed by atoms with Gasteiger partial charge in [0.05, 0.1) is 16.8 Å². The van der Waals surface area contributed by atoms with Crippen molar-refractivity contribution in [2.24, 2.45) is 0 Å². The maximum atomic E-state index is 13.3. The molecule has 0 unspecified atom stereocenters. The van der Waals surface area contributed by atoms with E-state index in [2.05, 4.69) is 19.8 Å². The van der Waals surface area contributed by atoms with E-state index in [1.165, 1.54) is 18.3 Å². The Bertz CT molecular complexity index is 1090. The molecular weight excluding hydrogens is 418 g/mol. The van der Waals surface area contributed by atoms with Crippen molar-refractivity contribution in [2.75, 3.05) is 5.32 Å². The number of furan rings is 1. The number of aryl methyl sites for hydroxylation is 2. The van der Waals surface area contributed by atoms with Crippen LogP contribution < -0.4 is 14.8 Å². The zero-order chi connectivity index (χ0) is 21.5. The fraction of sp³-hybridized carbons (Fsp3) is 0.238. The van der Waals surface area contributed by atoms with Gasteiger partial charge in [-0.3, -0.25) is 4.79 Å². The predicted molar refractivity (Wildman–Crippen MR) is 106 cm³/mol. The number of ether oxygens (including phenoxy) is 2. The SMILES string of the molecule is CCc1coc(CC)c1C(=O)Nc1ccc(-c2cc3c(cc2Cl)OC(F)(F)O3)cn1. The second-order valence-electron chi connectivity index (χ2n) is 6.60. The van der Waals surface area contributed by atoms with E-state index in [9.17, 15) is 13.6 Å². The number of hydrogen-bond donors (Lipinski definition) is 1. The average molecular weight is 435 g/mol. The van der Waals surface area contributed by atoms with E-state index < -0.39 is 6.29 Å². The van der Waals surface area contributed by atoms with E-state index in [4.69, 9.17) is 16.0 Å². The number of amides is 1. The van der Waals surface area contributed by atoms with Crippen molar-refractivity contribution in [2.45, 2.75) is 33.0 Å². The highest BCUT2D eigenvalue weighted by molar-refractivity contribution is 6.33. The summed E-state index contributed by atoms with van der Waals surface area (Å²) >= 11 is 6.21. The lowest BCUT2D eigenvalue weighted by Crippen LogP contribution is -2.25. The van der Waals surface area contributed by atoms with Crippen molar-refractivity contribution in [3.8, 4) is 22.6 Å². The lowest BCUT2D eigenvalue weighted by molar-refractivity contribution is -0.286. The summed E-state index contributed by atoms with van der Waals surface area (Å²) in [5, 5.41) is 2.95. The van der Waals surface area contributed by atoms with E-state index in [1.54, 1.807) is 18.4 Å². The number of rotatable bonds is 5. The molecule has 0 spiro atoms. The Morgan fingerprint density at radius 2 is 1.90 bits per heavy atom. The molecule has 0 bridgehead atoms. The molecule has 4 rings (SSSR count). The molecule has 156 valence electrons. The minimum Gasteiger partial charge on any atom is -0.468 e. The van der Waals surface area contributed by atoms with E-state index >= 15 is 0 Å². The van der Waals surface area contributed by atoms with Crippen LogP contribution in [0.1, 0.15) is 35.5 Å². The molecule has 1 aliphatic heterocycles. The van der Waals surface area contributed by atoms with Gasteiger partial charge in [0.2, 0.25) is 0 Å². The topological polar surface area (TPSA) is 73.6 Å². The number of nitrogens with one attached hydrogen (secondary N) is 1. The Morgan fingerprint density at radius 3 is 2.53 bits per heavy atom. The second-order valence-corrected chi connectivity index (χ2v) is 7.01.